The zero-order valence-corrected chi connectivity index (χ0v) is 6.93. The Morgan fingerprint density at radius 3 is 3.18 bits per heavy atom. The fraction of sp³-hybridized carbons (Fsp3) is 0.625. The van der Waals surface area contributed by atoms with Crippen molar-refractivity contribution in [1.29, 1.82) is 0 Å². The lowest BCUT2D eigenvalue weighted by Crippen LogP contribution is -2.27. The van der Waals surface area contributed by atoms with Crippen molar-refractivity contribution in [3.8, 4) is 0 Å². The zero-order valence-electron chi connectivity index (χ0n) is 6.93. The summed E-state index contributed by atoms with van der Waals surface area (Å²) in [5.41, 5.74) is 6.65. The first-order chi connectivity index (χ1) is 5.36. The van der Waals surface area contributed by atoms with E-state index >= 15 is 0 Å². The molecule has 3 N–H and O–H groups in total. The Labute approximate surface area is 67.4 Å². The smallest absolute Gasteiger partial charge is 0.100 e. The summed E-state index contributed by atoms with van der Waals surface area (Å²) in [5, 5.41) is 3.24. The van der Waals surface area contributed by atoms with Crippen molar-refractivity contribution in [2.75, 3.05) is 13.6 Å². The number of nitrogens with one attached hydrogen (secondary N) is 1. The van der Waals surface area contributed by atoms with E-state index in [4.69, 9.17) is 5.73 Å². The molecule has 0 aromatic carbocycles. The van der Waals surface area contributed by atoms with Crippen LogP contribution in [0.15, 0.2) is 16.8 Å². The number of hydrogen-bond donors (Lipinski definition) is 2. The summed E-state index contributed by atoms with van der Waals surface area (Å²) in [5.74, 6) is 1.08. The molecule has 1 aliphatic heterocycles. The molecule has 0 spiro atoms. The fourth-order valence-corrected chi connectivity index (χ4v) is 1.17. The minimum absolute atomic E-state index is 0.704. The van der Waals surface area contributed by atoms with E-state index in [-0.39, 0.29) is 0 Å². The molecule has 0 unspecified atom stereocenters. The van der Waals surface area contributed by atoms with E-state index < -0.39 is 0 Å². The highest BCUT2D eigenvalue weighted by atomic mass is 15.0. The van der Waals surface area contributed by atoms with Crippen LogP contribution in [-0.4, -0.2) is 19.4 Å². The molecule has 0 aromatic heterocycles. The largest absolute Gasteiger partial charge is 0.348 e. The Hall–Kier alpha value is -0.830. The molecule has 0 amide bonds. The van der Waals surface area contributed by atoms with Gasteiger partial charge in [0.15, 0.2) is 0 Å². The van der Waals surface area contributed by atoms with Gasteiger partial charge in [0.2, 0.25) is 0 Å². The van der Waals surface area contributed by atoms with Gasteiger partial charge in [-0.2, -0.15) is 0 Å². The summed E-state index contributed by atoms with van der Waals surface area (Å²) in [6.45, 7) is 0.704. The quantitative estimate of drug-likeness (QED) is 0.611. The predicted octanol–water partition coefficient (Wildman–Crippen LogP) is 0.631. The monoisotopic (exact) mass is 153 g/mol. The molecule has 11 heavy (non-hydrogen) atoms. The van der Waals surface area contributed by atoms with Gasteiger partial charge in [0.05, 0.1) is 0 Å². The molecule has 0 aromatic rings. The van der Waals surface area contributed by atoms with Crippen LogP contribution in [-0.2, 0) is 0 Å². The van der Waals surface area contributed by atoms with E-state index in [1.807, 2.05) is 7.05 Å². The molecule has 1 aliphatic rings. The van der Waals surface area contributed by atoms with Gasteiger partial charge in [0.25, 0.3) is 0 Å². The number of nitrogens with zero attached hydrogens (tertiary/aromatic N) is 1. The summed E-state index contributed by atoms with van der Waals surface area (Å²) in [7, 11) is 1.81. The number of hydrogen-bond acceptors (Lipinski definition) is 2. The maximum absolute atomic E-state index is 5.43. The second-order valence-corrected chi connectivity index (χ2v) is 2.60. The molecular weight excluding hydrogens is 138 g/mol. The Kier molecular flexibility index (Phi) is 3.11. The van der Waals surface area contributed by atoms with Gasteiger partial charge in [-0.15, -0.1) is 0 Å². The lowest BCUT2D eigenvalue weighted by molar-refractivity contribution is 0.829. The first-order valence-corrected chi connectivity index (χ1v) is 3.98. The van der Waals surface area contributed by atoms with E-state index in [9.17, 15) is 0 Å². The van der Waals surface area contributed by atoms with E-state index in [0.717, 1.165) is 25.1 Å². The van der Waals surface area contributed by atoms with Crippen molar-refractivity contribution in [2.24, 2.45) is 10.7 Å². The summed E-state index contributed by atoms with van der Waals surface area (Å²) < 4.78 is 0. The van der Waals surface area contributed by atoms with Crippen LogP contribution in [0.25, 0.3) is 0 Å². The van der Waals surface area contributed by atoms with Crippen molar-refractivity contribution in [2.45, 2.75) is 19.3 Å². The molecule has 0 radical (unpaired) electrons. The molecule has 3 nitrogen and oxygen atoms in total. The minimum Gasteiger partial charge on any atom is -0.348 e. The van der Waals surface area contributed by atoms with Gasteiger partial charge < -0.3 is 11.1 Å². The molecule has 0 atom stereocenters. The van der Waals surface area contributed by atoms with Crippen molar-refractivity contribution in [3.63, 3.8) is 0 Å². The van der Waals surface area contributed by atoms with Crippen molar-refractivity contribution < 1.29 is 0 Å². The van der Waals surface area contributed by atoms with Crippen LogP contribution in [0.2, 0.25) is 0 Å². The maximum Gasteiger partial charge on any atom is 0.100 e. The Balaban J connectivity index is 2.49. The normalized spacial score (nSPS) is 21.3. The van der Waals surface area contributed by atoms with E-state index in [1.165, 1.54) is 5.70 Å². The van der Waals surface area contributed by atoms with Gasteiger partial charge in [-0.05, 0) is 19.4 Å². The Morgan fingerprint density at radius 1 is 1.73 bits per heavy atom. The third-order valence-electron chi connectivity index (χ3n) is 1.76. The van der Waals surface area contributed by atoms with E-state index in [1.54, 1.807) is 0 Å². The SMILES string of the molecule is CN=C1CCC=C(CCN)N1. The van der Waals surface area contributed by atoms with Gasteiger partial charge in [-0.1, -0.05) is 6.08 Å². The van der Waals surface area contributed by atoms with E-state index in [2.05, 4.69) is 16.4 Å². The second kappa shape index (κ2) is 4.13. The van der Waals surface area contributed by atoms with Crippen molar-refractivity contribution >= 4 is 5.84 Å². The van der Waals surface area contributed by atoms with Gasteiger partial charge >= 0.3 is 0 Å². The minimum atomic E-state index is 0.704. The lowest BCUT2D eigenvalue weighted by Gasteiger charge is -2.16. The molecule has 62 valence electrons. The highest BCUT2D eigenvalue weighted by molar-refractivity contribution is 5.84. The van der Waals surface area contributed by atoms with Gasteiger partial charge in [-0.25, -0.2) is 0 Å². The molecule has 3 heteroatoms. The molecule has 0 aliphatic carbocycles. The first-order valence-electron chi connectivity index (χ1n) is 3.98. The molecular formula is C8H15N3. The van der Waals surface area contributed by atoms with Crippen LogP contribution in [0.3, 0.4) is 0 Å². The Bertz CT molecular complexity index is 182. The summed E-state index contributed by atoms with van der Waals surface area (Å²) >= 11 is 0. The van der Waals surface area contributed by atoms with Gasteiger partial charge in [-0.3, -0.25) is 4.99 Å². The lowest BCUT2D eigenvalue weighted by atomic mass is 10.1. The number of aliphatic imine (C=N–C) groups is 1. The van der Waals surface area contributed by atoms with Gasteiger partial charge in [0.1, 0.15) is 5.84 Å². The van der Waals surface area contributed by atoms with Crippen LogP contribution < -0.4 is 11.1 Å². The van der Waals surface area contributed by atoms with E-state index in [0.29, 0.717) is 6.54 Å². The number of nitrogens with two attached hydrogens (primary N) is 1. The highest BCUT2D eigenvalue weighted by Crippen LogP contribution is 2.07. The molecule has 0 saturated heterocycles. The van der Waals surface area contributed by atoms with Crippen molar-refractivity contribution in [1.82, 2.24) is 5.32 Å². The van der Waals surface area contributed by atoms with Crippen molar-refractivity contribution in [3.05, 3.63) is 11.8 Å². The molecule has 1 rings (SSSR count). The maximum atomic E-state index is 5.43. The third-order valence-corrected chi connectivity index (χ3v) is 1.76. The fourth-order valence-electron chi connectivity index (χ4n) is 1.17. The predicted molar refractivity (Wildman–Crippen MR) is 47.5 cm³/mol. The van der Waals surface area contributed by atoms with Gasteiger partial charge in [0, 0.05) is 19.2 Å². The Morgan fingerprint density at radius 2 is 2.55 bits per heavy atom. The van der Waals surface area contributed by atoms with Crippen LogP contribution in [0, 0.1) is 0 Å². The first kappa shape index (κ1) is 8.27. The third kappa shape index (κ3) is 2.35. The summed E-state index contributed by atoms with van der Waals surface area (Å²) in [4.78, 5) is 4.10. The highest BCUT2D eigenvalue weighted by Gasteiger charge is 2.05. The summed E-state index contributed by atoms with van der Waals surface area (Å²) in [6.07, 6.45) is 5.25. The average molecular weight is 153 g/mol. The van der Waals surface area contributed by atoms with Crippen LogP contribution >= 0.6 is 0 Å². The summed E-state index contributed by atoms with van der Waals surface area (Å²) in [6, 6.07) is 0. The number of allylic oxidation sites excluding steroid dienone is 1. The van der Waals surface area contributed by atoms with Crippen LogP contribution in [0.1, 0.15) is 19.3 Å². The molecule has 0 saturated carbocycles. The molecule has 1 heterocycles. The average Bonchev–Trinajstić information content (AvgIpc) is 2.06. The number of amidine groups is 1. The molecule has 0 fully saturated rings. The molecule has 0 bridgehead atoms. The second-order valence-electron chi connectivity index (χ2n) is 2.60. The topological polar surface area (TPSA) is 50.4 Å². The zero-order chi connectivity index (χ0) is 8.10. The van der Waals surface area contributed by atoms with Crippen LogP contribution in [0.4, 0.5) is 0 Å². The standard InChI is InChI=1S/C8H15N3/c1-10-8-4-2-3-7(11-8)5-6-9/h3H,2,4-6,9H2,1H3,(H,10,11). The number of rotatable bonds is 2. The van der Waals surface area contributed by atoms with Crippen LogP contribution in [0.5, 0.6) is 0 Å².